The quantitative estimate of drug-likeness (QED) is 0.545. The maximum absolute atomic E-state index is 12.7. The SMILES string of the molecule is Cc1c(NC(=O)C(C)NC(=O)c2cccc([N+](=O)[O-])c2)cccc1C(=O)N1CCCC1. The molecule has 2 aromatic carbocycles. The van der Waals surface area contributed by atoms with Crippen molar-refractivity contribution in [2.45, 2.75) is 32.7 Å². The van der Waals surface area contributed by atoms with Crippen molar-refractivity contribution in [1.82, 2.24) is 10.2 Å². The fourth-order valence-corrected chi connectivity index (χ4v) is 3.44. The maximum Gasteiger partial charge on any atom is 0.270 e. The summed E-state index contributed by atoms with van der Waals surface area (Å²) in [6, 6.07) is 9.52. The number of carbonyl (C=O) groups excluding carboxylic acids is 3. The van der Waals surface area contributed by atoms with E-state index in [-0.39, 0.29) is 17.2 Å². The molecule has 1 heterocycles. The fourth-order valence-electron chi connectivity index (χ4n) is 3.44. The number of amides is 3. The van der Waals surface area contributed by atoms with Crippen molar-refractivity contribution in [3.05, 3.63) is 69.3 Å². The van der Waals surface area contributed by atoms with E-state index < -0.39 is 22.8 Å². The molecule has 3 rings (SSSR count). The molecule has 0 radical (unpaired) electrons. The molecule has 3 amide bonds. The standard InChI is InChI=1S/C22H24N4O5/c1-14-18(22(29)25-11-3-4-12-25)9-6-10-19(14)24-20(27)15(2)23-21(28)16-7-5-8-17(13-16)26(30)31/h5-10,13,15H,3-4,11-12H2,1-2H3,(H,23,28)(H,24,27). The Balaban J connectivity index is 1.67. The Morgan fingerprint density at radius 1 is 1.10 bits per heavy atom. The summed E-state index contributed by atoms with van der Waals surface area (Å²) in [5.41, 5.74) is 1.56. The Morgan fingerprint density at radius 3 is 2.45 bits per heavy atom. The number of nitrogens with zero attached hydrogens (tertiary/aromatic N) is 2. The maximum atomic E-state index is 12.7. The van der Waals surface area contributed by atoms with Crippen molar-refractivity contribution in [3.63, 3.8) is 0 Å². The van der Waals surface area contributed by atoms with E-state index >= 15 is 0 Å². The molecule has 9 heteroatoms. The molecule has 0 aromatic heterocycles. The molecular formula is C22H24N4O5. The van der Waals surface area contributed by atoms with Gasteiger partial charge in [-0.15, -0.1) is 0 Å². The van der Waals surface area contributed by atoms with Gasteiger partial charge in [0.2, 0.25) is 5.91 Å². The van der Waals surface area contributed by atoms with Crippen molar-refractivity contribution < 1.29 is 19.3 Å². The number of nitro groups is 1. The van der Waals surface area contributed by atoms with Gasteiger partial charge in [0.1, 0.15) is 6.04 Å². The molecule has 1 aliphatic rings. The Morgan fingerprint density at radius 2 is 1.77 bits per heavy atom. The van der Waals surface area contributed by atoms with Gasteiger partial charge >= 0.3 is 0 Å². The third-order valence-electron chi connectivity index (χ3n) is 5.28. The van der Waals surface area contributed by atoms with Crippen LogP contribution in [0.25, 0.3) is 0 Å². The van der Waals surface area contributed by atoms with E-state index in [2.05, 4.69) is 10.6 Å². The number of benzene rings is 2. The monoisotopic (exact) mass is 424 g/mol. The van der Waals surface area contributed by atoms with Crippen LogP contribution in [0.5, 0.6) is 0 Å². The number of anilines is 1. The van der Waals surface area contributed by atoms with E-state index in [0.717, 1.165) is 32.0 Å². The summed E-state index contributed by atoms with van der Waals surface area (Å²) in [6.45, 7) is 4.75. The Labute approximate surface area is 179 Å². The average Bonchev–Trinajstić information content (AvgIpc) is 3.29. The number of nitro benzene ring substituents is 1. The van der Waals surface area contributed by atoms with E-state index in [9.17, 15) is 24.5 Å². The van der Waals surface area contributed by atoms with Gasteiger partial charge in [0.25, 0.3) is 17.5 Å². The van der Waals surface area contributed by atoms with Crippen molar-refractivity contribution in [2.24, 2.45) is 0 Å². The number of non-ortho nitro benzene ring substituents is 1. The second-order valence-electron chi connectivity index (χ2n) is 7.47. The van der Waals surface area contributed by atoms with Crippen molar-refractivity contribution in [1.29, 1.82) is 0 Å². The van der Waals surface area contributed by atoms with Crippen LogP contribution in [0.15, 0.2) is 42.5 Å². The number of hydrogen-bond acceptors (Lipinski definition) is 5. The summed E-state index contributed by atoms with van der Waals surface area (Å²) < 4.78 is 0. The van der Waals surface area contributed by atoms with Crippen molar-refractivity contribution in [3.8, 4) is 0 Å². The van der Waals surface area contributed by atoms with Crippen LogP contribution < -0.4 is 10.6 Å². The molecule has 2 aromatic rings. The molecule has 31 heavy (non-hydrogen) atoms. The fraction of sp³-hybridized carbons (Fsp3) is 0.318. The molecule has 0 bridgehead atoms. The Bertz CT molecular complexity index is 1030. The highest BCUT2D eigenvalue weighted by Gasteiger charge is 2.23. The lowest BCUT2D eigenvalue weighted by Gasteiger charge is -2.19. The van der Waals surface area contributed by atoms with Crippen LogP contribution in [0.1, 0.15) is 46.0 Å². The molecule has 9 nitrogen and oxygen atoms in total. The van der Waals surface area contributed by atoms with E-state index in [1.807, 2.05) is 0 Å². The number of carbonyl (C=O) groups is 3. The van der Waals surface area contributed by atoms with E-state index in [4.69, 9.17) is 0 Å². The minimum Gasteiger partial charge on any atom is -0.341 e. The van der Waals surface area contributed by atoms with Crippen molar-refractivity contribution >= 4 is 29.1 Å². The Kier molecular flexibility index (Phi) is 6.64. The molecule has 0 saturated carbocycles. The zero-order valence-electron chi connectivity index (χ0n) is 17.4. The molecular weight excluding hydrogens is 400 g/mol. The molecule has 2 N–H and O–H groups in total. The van der Waals surface area contributed by atoms with E-state index in [1.165, 1.54) is 25.1 Å². The summed E-state index contributed by atoms with van der Waals surface area (Å²) in [6.07, 6.45) is 1.98. The highest BCUT2D eigenvalue weighted by atomic mass is 16.6. The van der Waals surface area contributed by atoms with E-state index in [0.29, 0.717) is 16.8 Å². The second-order valence-corrected chi connectivity index (χ2v) is 7.47. The van der Waals surface area contributed by atoms with Gasteiger partial charge in [-0.3, -0.25) is 24.5 Å². The van der Waals surface area contributed by atoms with Crippen LogP contribution in [0.4, 0.5) is 11.4 Å². The number of nitrogens with one attached hydrogen (secondary N) is 2. The molecule has 162 valence electrons. The molecule has 1 aliphatic heterocycles. The van der Waals surface area contributed by atoms with Gasteiger partial charge < -0.3 is 15.5 Å². The average molecular weight is 424 g/mol. The molecule has 0 aliphatic carbocycles. The molecule has 0 spiro atoms. The lowest BCUT2D eigenvalue weighted by atomic mass is 10.1. The summed E-state index contributed by atoms with van der Waals surface area (Å²) >= 11 is 0. The molecule has 1 atom stereocenters. The summed E-state index contributed by atoms with van der Waals surface area (Å²) in [4.78, 5) is 49.8. The van der Waals surface area contributed by atoms with E-state index in [1.54, 1.807) is 30.0 Å². The molecule has 1 unspecified atom stereocenters. The van der Waals surface area contributed by atoms with Crippen LogP contribution in [0.2, 0.25) is 0 Å². The van der Waals surface area contributed by atoms with Gasteiger partial charge in [0.05, 0.1) is 4.92 Å². The van der Waals surface area contributed by atoms with Crippen LogP contribution in [0, 0.1) is 17.0 Å². The van der Waals surface area contributed by atoms with Gasteiger partial charge in [-0.05, 0) is 50.5 Å². The number of hydrogen-bond donors (Lipinski definition) is 2. The third-order valence-corrected chi connectivity index (χ3v) is 5.28. The van der Waals surface area contributed by atoms with Crippen molar-refractivity contribution in [2.75, 3.05) is 18.4 Å². The Hall–Kier alpha value is -3.75. The smallest absolute Gasteiger partial charge is 0.270 e. The first-order chi connectivity index (χ1) is 14.8. The minimum absolute atomic E-state index is 0.0573. The summed E-state index contributed by atoms with van der Waals surface area (Å²) in [5, 5.41) is 16.2. The topological polar surface area (TPSA) is 122 Å². The van der Waals surface area contributed by atoms with Crippen LogP contribution in [-0.4, -0.2) is 46.7 Å². The predicted molar refractivity (Wildman–Crippen MR) is 115 cm³/mol. The number of rotatable bonds is 6. The number of likely N-dealkylation sites (tertiary alicyclic amines) is 1. The van der Waals surface area contributed by atoms with Crippen LogP contribution in [0.3, 0.4) is 0 Å². The normalized spacial score (nSPS) is 14.1. The lowest BCUT2D eigenvalue weighted by molar-refractivity contribution is -0.384. The highest BCUT2D eigenvalue weighted by molar-refractivity contribution is 6.03. The lowest BCUT2D eigenvalue weighted by Crippen LogP contribution is -2.41. The van der Waals surface area contributed by atoms with Gasteiger partial charge in [0.15, 0.2) is 0 Å². The predicted octanol–water partition coefficient (Wildman–Crippen LogP) is 2.90. The van der Waals surface area contributed by atoms with Gasteiger partial charge in [0, 0.05) is 42.0 Å². The van der Waals surface area contributed by atoms with Crippen LogP contribution in [-0.2, 0) is 4.79 Å². The highest BCUT2D eigenvalue weighted by Crippen LogP contribution is 2.22. The van der Waals surface area contributed by atoms with Gasteiger partial charge in [-0.25, -0.2) is 0 Å². The summed E-state index contributed by atoms with van der Waals surface area (Å²) in [7, 11) is 0. The molecule has 1 saturated heterocycles. The zero-order valence-corrected chi connectivity index (χ0v) is 17.4. The summed E-state index contributed by atoms with van der Waals surface area (Å²) in [5.74, 6) is -1.12. The largest absolute Gasteiger partial charge is 0.341 e. The first kappa shape index (κ1) is 21.9. The second kappa shape index (κ2) is 9.38. The molecule has 1 fully saturated rings. The van der Waals surface area contributed by atoms with Gasteiger partial charge in [-0.1, -0.05) is 12.1 Å². The zero-order chi connectivity index (χ0) is 22.5. The van der Waals surface area contributed by atoms with Crippen LogP contribution >= 0.6 is 0 Å². The third kappa shape index (κ3) is 5.06. The van der Waals surface area contributed by atoms with Gasteiger partial charge in [-0.2, -0.15) is 0 Å². The first-order valence-corrected chi connectivity index (χ1v) is 10.0. The first-order valence-electron chi connectivity index (χ1n) is 10.0. The minimum atomic E-state index is -0.899.